The molecule has 0 spiro atoms. The molecule has 2 heterocycles. The van der Waals surface area contributed by atoms with Crippen LogP contribution in [0.2, 0.25) is 0 Å². The van der Waals surface area contributed by atoms with Gasteiger partial charge in [-0.25, -0.2) is 4.79 Å². The fourth-order valence-electron chi connectivity index (χ4n) is 5.74. The highest BCUT2D eigenvalue weighted by Gasteiger charge is 2.39. The molecule has 174 valence electrons. The molecule has 3 aromatic rings. The topological polar surface area (TPSA) is 29.5 Å². The van der Waals surface area contributed by atoms with Gasteiger partial charge in [0.05, 0.1) is 12.2 Å². The van der Waals surface area contributed by atoms with Crippen LogP contribution < -0.4 is 0 Å². The van der Waals surface area contributed by atoms with Crippen molar-refractivity contribution in [2.24, 2.45) is 0 Å². The van der Waals surface area contributed by atoms with E-state index in [9.17, 15) is 4.79 Å². The van der Waals surface area contributed by atoms with E-state index >= 15 is 0 Å². The molecule has 3 nitrogen and oxygen atoms in total. The summed E-state index contributed by atoms with van der Waals surface area (Å²) < 4.78 is 5.18. The van der Waals surface area contributed by atoms with Crippen LogP contribution in [0.5, 0.6) is 0 Å². The first-order valence-electron chi connectivity index (χ1n) is 12.6. The van der Waals surface area contributed by atoms with Crippen LogP contribution in [0.25, 0.3) is 5.57 Å². The second-order valence-corrected chi connectivity index (χ2v) is 9.41. The molecule has 5 rings (SSSR count). The summed E-state index contributed by atoms with van der Waals surface area (Å²) in [6, 6.07) is 30.8. The number of hydrogen-bond acceptors (Lipinski definition) is 3. The summed E-state index contributed by atoms with van der Waals surface area (Å²) >= 11 is 0. The van der Waals surface area contributed by atoms with Gasteiger partial charge < -0.3 is 4.74 Å². The van der Waals surface area contributed by atoms with Gasteiger partial charge >= 0.3 is 5.97 Å². The molecule has 0 aliphatic carbocycles. The summed E-state index contributed by atoms with van der Waals surface area (Å²) in [4.78, 5) is 14.9. The minimum atomic E-state index is -0.257. The number of benzene rings is 3. The van der Waals surface area contributed by atoms with E-state index in [0.29, 0.717) is 24.3 Å². The Morgan fingerprint density at radius 2 is 1.35 bits per heavy atom. The number of esters is 1. The van der Waals surface area contributed by atoms with Gasteiger partial charge in [-0.2, -0.15) is 0 Å². The van der Waals surface area contributed by atoms with E-state index in [4.69, 9.17) is 4.74 Å². The third-order valence-corrected chi connectivity index (χ3v) is 7.34. The normalized spacial score (nSPS) is 19.7. The van der Waals surface area contributed by atoms with Gasteiger partial charge in [0.15, 0.2) is 0 Å². The summed E-state index contributed by atoms with van der Waals surface area (Å²) in [5.41, 5.74) is 7.38. The van der Waals surface area contributed by atoms with Gasteiger partial charge in [-0.3, -0.25) is 4.90 Å². The second-order valence-electron chi connectivity index (χ2n) is 9.41. The Hall–Kier alpha value is -3.17. The molecule has 2 atom stereocenters. The zero-order valence-electron chi connectivity index (χ0n) is 20.0. The van der Waals surface area contributed by atoms with Crippen molar-refractivity contribution in [3.05, 3.63) is 113 Å². The summed E-state index contributed by atoms with van der Waals surface area (Å²) in [6.07, 6.45) is 5.93. The summed E-state index contributed by atoms with van der Waals surface area (Å²) in [5, 5.41) is 0. The average Bonchev–Trinajstić information content (AvgIpc) is 3.12. The number of rotatable bonds is 7. The molecule has 3 aromatic carbocycles. The Labute approximate surface area is 203 Å². The predicted molar refractivity (Wildman–Crippen MR) is 138 cm³/mol. The van der Waals surface area contributed by atoms with Gasteiger partial charge in [-0.05, 0) is 73.4 Å². The maximum absolute atomic E-state index is 12.2. The van der Waals surface area contributed by atoms with Crippen molar-refractivity contribution in [2.75, 3.05) is 13.2 Å². The Bertz CT molecular complexity index is 1120. The number of carbonyl (C=O) groups excluding carboxylic acids is 1. The quantitative estimate of drug-likeness (QED) is 0.382. The second kappa shape index (κ2) is 10.4. The monoisotopic (exact) mass is 451 g/mol. The minimum absolute atomic E-state index is 0.257. The summed E-state index contributed by atoms with van der Waals surface area (Å²) in [6.45, 7) is 3.37. The van der Waals surface area contributed by atoms with Crippen LogP contribution in [0.15, 0.2) is 90.5 Å². The molecule has 2 bridgehead atoms. The summed E-state index contributed by atoms with van der Waals surface area (Å²) in [7, 11) is 0. The van der Waals surface area contributed by atoms with Crippen molar-refractivity contribution >= 4 is 11.5 Å². The number of nitrogens with zero attached hydrogens (tertiary/aromatic N) is 1. The van der Waals surface area contributed by atoms with E-state index in [1.807, 2.05) is 19.1 Å². The molecule has 2 aliphatic heterocycles. The highest BCUT2D eigenvalue weighted by Crippen LogP contribution is 2.43. The lowest BCUT2D eigenvalue weighted by molar-refractivity contribution is 0.0526. The van der Waals surface area contributed by atoms with Gasteiger partial charge in [0.2, 0.25) is 0 Å². The van der Waals surface area contributed by atoms with E-state index in [0.717, 1.165) is 25.8 Å². The number of fused-ring (bicyclic) bond motifs is 2. The van der Waals surface area contributed by atoms with Crippen molar-refractivity contribution in [1.82, 2.24) is 4.90 Å². The minimum Gasteiger partial charge on any atom is -0.462 e. The third kappa shape index (κ3) is 4.85. The van der Waals surface area contributed by atoms with E-state index in [2.05, 4.69) is 77.7 Å². The Balaban J connectivity index is 1.42. The van der Waals surface area contributed by atoms with Crippen LogP contribution in [0, 0.1) is 0 Å². The van der Waals surface area contributed by atoms with Crippen molar-refractivity contribution in [1.29, 1.82) is 0 Å². The molecular weight excluding hydrogens is 418 g/mol. The van der Waals surface area contributed by atoms with Crippen molar-refractivity contribution in [2.45, 2.75) is 51.1 Å². The average molecular weight is 452 g/mol. The maximum atomic E-state index is 12.2. The molecule has 2 aliphatic rings. The maximum Gasteiger partial charge on any atom is 0.338 e. The molecule has 34 heavy (non-hydrogen) atoms. The molecule has 2 saturated heterocycles. The van der Waals surface area contributed by atoms with Crippen LogP contribution in [-0.4, -0.2) is 36.1 Å². The number of carbonyl (C=O) groups is 1. The van der Waals surface area contributed by atoms with Crippen LogP contribution in [-0.2, 0) is 11.2 Å². The molecule has 0 radical (unpaired) electrons. The van der Waals surface area contributed by atoms with Crippen LogP contribution in [0.3, 0.4) is 0 Å². The molecule has 3 heteroatoms. The molecule has 0 aromatic heterocycles. The van der Waals surface area contributed by atoms with Gasteiger partial charge in [-0.15, -0.1) is 0 Å². The highest BCUT2D eigenvalue weighted by molar-refractivity contribution is 5.90. The first-order chi connectivity index (χ1) is 16.7. The van der Waals surface area contributed by atoms with E-state index in [1.54, 1.807) is 5.57 Å². The van der Waals surface area contributed by atoms with Gasteiger partial charge in [-0.1, -0.05) is 78.4 Å². The number of ether oxygens (including phenoxy) is 1. The molecule has 0 N–H and O–H groups in total. The van der Waals surface area contributed by atoms with Gasteiger partial charge in [0, 0.05) is 18.6 Å². The Morgan fingerprint density at radius 1 is 0.794 bits per heavy atom. The highest BCUT2D eigenvalue weighted by atomic mass is 16.5. The standard InChI is InChI=1S/C31H33NO2/c1-2-34-31(33)26-15-13-25(14-16-26)30(24-11-7-4-8-12-24)27-21-28-17-18-29(22-27)32(28)20-19-23-9-5-3-6-10-23/h3-16,28-29H,2,17-22H2,1H3. The van der Waals surface area contributed by atoms with Crippen molar-refractivity contribution < 1.29 is 9.53 Å². The fraction of sp³-hybridized carbons (Fsp3) is 0.323. The largest absolute Gasteiger partial charge is 0.462 e. The van der Waals surface area contributed by atoms with E-state index < -0.39 is 0 Å². The predicted octanol–water partition coefficient (Wildman–Crippen LogP) is 6.53. The van der Waals surface area contributed by atoms with Crippen molar-refractivity contribution in [3.8, 4) is 0 Å². The lowest BCUT2D eigenvalue weighted by Gasteiger charge is -2.37. The zero-order valence-corrected chi connectivity index (χ0v) is 20.0. The van der Waals surface area contributed by atoms with Crippen molar-refractivity contribution in [3.63, 3.8) is 0 Å². The molecule has 0 amide bonds. The third-order valence-electron chi connectivity index (χ3n) is 7.34. The number of piperidine rings is 1. The SMILES string of the molecule is CCOC(=O)c1ccc(C(=C2CC3CCC(C2)N3CCc2ccccc2)c2ccccc2)cc1. The molecular formula is C31H33NO2. The van der Waals surface area contributed by atoms with Gasteiger partial charge in [0.1, 0.15) is 0 Å². The van der Waals surface area contributed by atoms with Crippen LogP contribution in [0.1, 0.15) is 59.7 Å². The van der Waals surface area contributed by atoms with Gasteiger partial charge in [0.25, 0.3) is 0 Å². The van der Waals surface area contributed by atoms with E-state index in [1.165, 1.54) is 35.1 Å². The lowest BCUT2D eigenvalue weighted by atomic mass is 9.85. The number of hydrogen-bond donors (Lipinski definition) is 0. The Kier molecular flexibility index (Phi) is 6.92. The molecule has 2 fully saturated rings. The first kappa shape index (κ1) is 22.6. The summed E-state index contributed by atoms with van der Waals surface area (Å²) in [5.74, 6) is -0.257. The fourth-order valence-corrected chi connectivity index (χ4v) is 5.74. The molecule has 0 saturated carbocycles. The van der Waals surface area contributed by atoms with Crippen LogP contribution >= 0.6 is 0 Å². The smallest absolute Gasteiger partial charge is 0.338 e. The molecule has 2 unspecified atom stereocenters. The Morgan fingerprint density at radius 3 is 1.97 bits per heavy atom. The lowest BCUT2D eigenvalue weighted by Crippen LogP contribution is -2.41. The zero-order chi connectivity index (χ0) is 23.3. The first-order valence-corrected chi connectivity index (χ1v) is 12.6. The van der Waals surface area contributed by atoms with Crippen LogP contribution in [0.4, 0.5) is 0 Å². The van der Waals surface area contributed by atoms with E-state index in [-0.39, 0.29) is 5.97 Å².